The lowest BCUT2D eigenvalue weighted by Crippen LogP contribution is -2.39. The largest absolute Gasteiger partial charge is 0.450 e. The molecule has 2 aliphatic rings. The number of hydrogen-bond acceptors (Lipinski definition) is 1. The van der Waals surface area contributed by atoms with E-state index in [9.17, 15) is 0 Å². The van der Waals surface area contributed by atoms with Crippen molar-refractivity contribution >= 4 is 17.8 Å². The fourth-order valence-electron chi connectivity index (χ4n) is 2.97. The van der Waals surface area contributed by atoms with Gasteiger partial charge in [-0.25, -0.2) is 0 Å². The van der Waals surface area contributed by atoms with Gasteiger partial charge >= 0.3 is 0 Å². The monoisotopic (exact) mass is 270 g/mol. The third-order valence-electron chi connectivity index (χ3n) is 4.05. The quantitative estimate of drug-likeness (QED) is 0.714. The average molecular weight is 270 g/mol. The topological polar surface area (TPSA) is 13.1 Å². The molecule has 2 aliphatic carbocycles. The van der Waals surface area contributed by atoms with Crippen LogP contribution >= 0.6 is 0 Å². The van der Waals surface area contributed by atoms with Crippen molar-refractivity contribution in [2.45, 2.75) is 26.7 Å². The van der Waals surface area contributed by atoms with E-state index in [1.165, 1.54) is 16.5 Å². The highest BCUT2D eigenvalue weighted by Crippen LogP contribution is 2.25. The second kappa shape index (κ2) is 4.23. The Bertz CT molecular complexity index is 721. The predicted octanol–water partition coefficient (Wildman–Crippen LogP) is 2.43. The molecule has 0 aliphatic heterocycles. The van der Waals surface area contributed by atoms with Gasteiger partial charge in [-0.2, -0.15) is 0 Å². The standard InChI is InChI=1S/C18H24NO/c1-18(2)11-10-15(19(3,4)5)17-14(12-18)13-8-6-7-9-16(13)20-17/h7,9-12H,6,8H2,1-5H3/q+1. The Balaban J connectivity index is 2.44. The van der Waals surface area contributed by atoms with Crippen LogP contribution in [-0.2, 0) is 6.42 Å². The highest BCUT2D eigenvalue weighted by molar-refractivity contribution is 5.59. The maximum Gasteiger partial charge on any atom is 0.195 e. The Hall–Kier alpha value is -1.54. The van der Waals surface area contributed by atoms with E-state index in [1.54, 1.807) is 0 Å². The second-order valence-electron chi connectivity index (χ2n) is 7.33. The van der Waals surface area contributed by atoms with Crippen LogP contribution in [0, 0.1) is 5.41 Å². The molecule has 0 N–H and O–H groups in total. The summed E-state index contributed by atoms with van der Waals surface area (Å²) in [5, 5.41) is 1.31. The Morgan fingerprint density at radius 3 is 2.60 bits per heavy atom. The van der Waals surface area contributed by atoms with E-state index in [-0.39, 0.29) is 5.41 Å². The number of likely N-dealkylation sites (N-methyl/N-ethyl adjacent to an activating group) is 1. The van der Waals surface area contributed by atoms with Gasteiger partial charge in [0.25, 0.3) is 0 Å². The molecule has 2 heteroatoms. The number of fused-ring (bicyclic) bond motifs is 3. The van der Waals surface area contributed by atoms with Crippen molar-refractivity contribution < 1.29 is 8.90 Å². The highest BCUT2D eigenvalue weighted by atomic mass is 16.3. The average Bonchev–Trinajstić information content (AvgIpc) is 2.59. The van der Waals surface area contributed by atoms with Gasteiger partial charge in [0.15, 0.2) is 11.1 Å². The molecule has 0 bridgehead atoms. The van der Waals surface area contributed by atoms with Gasteiger partial charge in [-0.1, -0.05) is 32.1 Å². The van der Waals surface area contributed by atoms with E-state index in [0.29, 0.717) is 0 Å². The highest BCUT2D eigenvalue weighted by Gasteiger charge is 2.25. The number of rotatable bonds is 1. The minimum absolute atomic E-state index is 0.0600. The molecule has 0 fully saturated rings. The van der Waals surface area contributed by atoms with Gasteiger partial charge in [0.2, 0.25) is 0 Å². The van der Waals surface area contributed by atoms with Gasteiger partial charge in [-0.3, -0.25) is 4.48 Å². The minimum Gasteiger partial charge on any atom is -0.450 e. The first-order chi connectivity index (χ1) is 9.28. The molecule has 0 saturated carbocycles. The molecule has 20 heavy (non-hydrogen) atoms. The van der Waals surface area contributed by atoms with Gasteiger partial charge in [0.1, 0.15) is 5.76 Å². The summed E-state index contributed by atoms with van der Waals surface area (Å²) in [5.74, 6) is 1.05. The molecule has 0 amide bonds. The molecule has 3 rings (SSSR count). The third kappa shape index (κ3) is 2.18. The zero-order chi connectivity index (χ0) is 14.5. The van der Waals surface area contributed by atoms with Gasteiger partial charge < -0.3 is 4.42 Å². The first-order valence-corrected chi connectivity index (χ1v) is 7.35. The zero-order valence-electron chi connectivity index (χ0n) is 13.2. The van der Waals surface area contributed by atoms with Gasteiger partial charge in [-0.15, -0.1) is 0 Å². The molecule has 0 saturated heterocycles. The van der Waals surface area contributed by atoms with E-state index < -0.39 is 0 Å². The smallest absolute Gasteiger partial charge is 0.195 e. The summed E-state index contributed by atoms with van der Waals surface area (Å²) in [6, 6.07) is 0. The SMILES string of the molecule is CC1(C)C=CC([N+](C)(C)C)=c2oc3c(c2=C1)CCC=C3. The Morgan fingerprint density at radius 1 is 1.15 bits per heavy atom. The first kappa shape index (κ1) is 13.4. The molecule has 2 nitrogen and oxygen atoms in total. The molecule has 106 valence electrons. The molecule has 1 aromatic heterocycles. The summed E-state index contributed by atoms with van der Waals surface area (Å²) in [7, 11) is 6.58. The number of furan rings is 1. The molecule has 0 unspecified atom stereocenters. The lowest BCUT2D eigenvalue weighted by molar-refractivity contribution is -0.796. The van der Waals surface area contributed by atoms with E-state index >= 15 is 0 Å². The first-order valence-electron chi connectivity index (χ1n) is 7.35. The Morgan fingerprint density at radius 2 is 1.90 bits per heavy atom. The van der Waals surface area contributed by atoms with E-state index in [4.69, 9.17) is 4.42 Å². The van der Waals surface area contributed by atoms with Crippen LogP contribution in [0.15, 0.2) is 22.6 Å². The third-order valence-corrected chi connectivity index (χ3v) is 4.05. The van der Waals surface area contributed by atoms with Crippen molar-refractivity contribution in [1.29, 1.82) is 0 Å². The lowest BCUT2D eigenvalue weighted by atomic mass is 9.91. The van der Waals surface area contributed by atoms with Crippen molar-refractivity contribution in [2.75, 3.05) is 21.1 Å². The molecule has 0 aromatic carbocycles. The van der Waals surface area contributed by atoms with Crippen LogP contribution in [0.4, 0.5) is 0 Å². The summed E-state index contributed by atoms with van der Waals surface area (Å²) >= 11 is 0. The number of allylic oxidation sites excluding steroid dienone is 2. The van der Waals surface area contributed by atoms with Crippen LogP contribution in [-0.4, -0.2) is 25.6 Å². The molecular formula is C18H24NO+. The molecule has 1 heterocycles. The van der Waals surface area contributed by atoms with Crippen molar-refractivity contribution in [1.82, 2.24) is 0 Å². The molecule has 1 aromatic rings. The maximum absolute atomic E-state index is 6.22. The van der Waals surface area contributed by atoms with Crippen molar-refractivity contribution in [2.24, 2.45) is 5.41 Å². The fraction of sp³-hybridized carbons (Fsp3) is 0.444. The summed E-state index contributed by atoms with van der Waals surface area (Å²) in [6.07, 6.45) is 13.4. The summed E-state index contributed by atoms with van der Waals surface area (Å²) in [5.41, 5.74) is 3.73. The van der Waals surface area contributed by atoms with E-state index in [1.807, 2.05) is 0 Å². The molecule has 0 radical (unpaired) electrons. The predicted molar refractivity (Wildman–Crippen MR) is 84.1 cm³/mol. The summed E-state index contributed by atoms with van der Waals surface area (Å²) < 4.78 is 6.99. The summed E-state index contributed by atoms with van der Waals surface area (Å²) in [6.45, 7) is 4.51. The second-order valence-corrected chi connectivity index (χ2v) is 7.33. The van der Waals surface area contributed by atoms with Crippen molar-refractivity contribution in [3.8, 4) is 0 Å². The fourth-order valence-corrected chi connectivity index (χ4v) is 2.97. The molecule has 0 spiro atoms. The van der Waals surface area contributed by atoms with Gasteiger partial charge in [0.05, 0.1) is 21.1 Å². The Labute approximate surface area is 121 Å². The van der Waals surface area contributed by atoms with Gasteiger partial charge in [-0.05, 0) is 25.0 Å². The number of quaternary nitrogens is 1. The summed E-state index contributed by atoms with van der Waals surface area (Å²) in [4.78, 5) is 0. The normalized spacial score (nSPS) is 20.1. The Kier molecular flexibility index (Phi) is 2.84. The van der Waals surface area contributed by atoms with Crippen LogP contribution in [0.5, 0.6) is 0 Å². The molecule has 0 atom stereocenters. The van der Waals surface area contributed by atoms with Crippen LogP contribution in [0.2, 0.25) is 0 Å². The maximum atomic E-state index is 6.22. The van der Waals surface area contributed by atoms with Gasteiger partial charge in [0, 0.05) is 16.2 Å². The van der Waals surface area contributed by atoms with E-state index in [0.717, 1.165) is 28.5 Å². The van der Waals surface area contributed by atoms with Crippen LogP contribution < -0.4 is 10.6 Å². The molecular weight excluding hydrogens is 246 g/mol. The van der Waals surface area contributed by atoms with Crippen LogP contribution in [0.1, 0.15) is 31.6 Å². The van der Waals surface area contributed by atoms with E-state index in [2.05, 4.69) is 65.4 Å². The van der Waals surface area contributed by atoms with Crippen molar-refractivity contribution in [3.63, 3.8) is 0 Å². The van der Waals surface area contributed by atoms with Crippen molar-refractivity contribution in [3.05, 3.63) is 40.2 Å². The van der Waals surface area contributed by atoms with Crippen LogP contribution in [0.3, 0.4) is 0 Å². The number of hydrogen-bond donors (Lipinski definition) is 0. The number of nitrogens with zero attached hydrogens (tertiary/aromatic N) is 1. The lowest BCUT2D eigenvalue weighted by Gasteiger charge is -2.23. The minimum atomic E-state index is 0.0600. The zero-order valence-corrected chi connectivity index (χ0v) is 13.2. The van der Waals surface area contributed by atoms with Crippen LogP contribution in [0.25, 0.3) is 17.8 Å².